The second-order valence-electron chi connectivity index (χ2n) is 4.59. The van der Waals surface area contributed by atoms with Crippen molar-refractivity contribution < 1.29 is 13.9 Å². The van der Waals surface area contributed by atoms with Crippen LogP contribution in [0.1, 0.15) is 23.2 Å². The molecule has 2 aromatic rings. The summed E-state index contributed by atoms with van der Waals surface area (Å²) >= 11 is 0. The number of hydrogen-bond acceptors (Lipinski definition) is 4. The third kappa shape index (κ3) is 2.31. The highest BCUT2D eigenvalue weighted by Gasteiger charge is 2.25. The zero-order valence-electron chi connectivity index (χ0n) is 10.4. The summed E-state index contributed by atoms with van der Waals surface area (Å²) in [4.78, 5) is 23.6. The van der Waals surface area contributed by atoms with Gasteiger partial charge in [-0.15, -0.1) is 0 Å². The molecule has 1 aliphatic carbocycles. The molecule has 1 aromatic carbocycles. The van der Waals surface area contributed by atoms with E-state index in [2.05, 4.69) is 5.32 Å². The molecule has 5 nitrogen and oxygen atoms in total. The highest BCUT2D eigenvalue weighted by Crippen LogP contribution is 2.24. The van der Waals surface area contributed by atoms with Crippen LogP contribution in [0, 0.1) is 0 Å². The molecule has 0 spiro atoms. The van der Waals surface area contributed by atoms with Crippen molar-refractivity contribution in [2.24, 2.45) is 0 Å². The molecule has 1 aromatic heterocycles. The van der Waals surface area contributed by atoms with E-state index < -0.39 is 5.63 Å². The van der Waals surface area contributed by atoms with Crippen LogP contribution in [0.15, 0.2) is 33.5 Å². The summed E-state index contributed by atoms with van der Waals surface area (Å²) in [5.74, 6) is 0.348. The zero-order chi connectivity index (χ0) is 13.4. The van der Waals surface area contributed by atoms with E-state index in [4.69, 9.17) is 9.15 Å². The molecule has 0 atom stereocenters. The molecule has 0 bridgehead atoms. The lowest BCUT2D eigenvalue weighted by Crippen LogP contribution is -2.26. The Morgan fingerprint density at radius 2 is 2.16 bits per heavy atom. The quantitative estimate of drug-likeness (QED) is 0.852. The maximum absolute atomic E-state index is 12.1. The molecule has 1 N–H and O–H groups in total. The molecule has 1 fully saturated rings. The van der Waals surface area contributed by atoms with Gasteiger partial charge in [-0.3, -0.25) is 4.79 Å². The lowest BCUT2D eigenvalue weighted by Gasteiger charge is -2.07. The number of amides is 1. The fourth-order valence-electron chi connectivity index (χ4n) is 1.95. The maximum atomic E-state index is 12.1. The molecule has 0 saturated heterocycles. The summed E-state index contributed by atoms with van der Waals surface area (Å²) in [6.45, 7) is 0. The molecule has 0 unspecified atom stereocenters. The number of carbonyl (C=O) groups is 1. The monoisotopic (exact) mass is 259 g/mol. The Kier molecular flexibility index (Phi) is 2.74. The van der Waals surface area contributed by atoms with Crippen molar-refractivity contribution in [3.05, 3.63) is 40.2 Å². The summed E-state index contributed by atoms with van der Waals surface area (Å²) in [7, 11) is 1.53. The first-order chi connectivity index (χ1) is 9.17. The minimum Gasteiger partial charge on any atom is -0.497 e. The van der Waals surface area contributed by atoms with E-state index in [1.54, 1.807) is 18.2 Å². The first-order valence-electron chi connectivity index (χ1n) is 6.10. The largest absolute Gasteiger partial charge is 0.497 e. The lowest BCUT2D eigenvalue weighted by molar-refractivity contribution is 0.0952. The topological polar surface area (TPSA) is 68.5 Å². The van der Waals surface area contributed by atoms with E-state index in [9.17, 15) is 9.59 Å². The van der Waals surface area contributed by atoms with Crippen molar-refractivity contribution in [1.29, 1.82) is 0 Å². The van der Waals surface area contributed by atoms with Crippen LogP contribution in [-0.4, -0.2) is 19.1 Å². The minimum atomic E-state index is -0.540. The maximum Gasteiger partial charge on any atom is 0.337 e. The van der Waals surface area contributed by atoms with E-state index in [1.165, 1.54) is 13.2 Å². The summed E-state index contributed by atoms with van der Waals surface area (Å²) in [5, 5.41) is 3.48. The number of hydrogen-bond donors (Lipinski definition) is 1. The summed E-state index contributed by atoms with van der Waals surface area (Å²) in [6.07, 6.45) is 2.00. The smallest absolute Gasteiger partial charge is 0.337 e. The Balaban J connectivity index is 2.11. The third-order valence-corrected chi connectivity index (χ3v) is 3.11. The van der Waals surface area contributed by atoms with Gasteiger partial charge in [0, 0.05) is 23.6 Å². The van der Waals surface area contributed by atoms with Crippen LogP contribution in [0.4, 0.5) is 0 Å². The molecule has 0 radical (unpaired) electrons. The molecular formula is C14H13NO4. The predicted octanol–water partition coefficient (Wildman–Crippen LogP) is 1.69. The SMILES string of the molecule is COc1ccc2c(C(=O)NC3CC3)cc(=O)oc2c1. The van der Waals surface area contributed by atoms with Crippen molar-refractivity contribution >= 4 is 16.9 Å². The number of carbonyl (C=O) groups excluding carboxylic acids is 1. The Labute approximate surface area is 109 Å². The van der Waals surface area contributed by atoms with Gasteiger partial charge < -0.3 is 14.5 Å². The van der Waals surface area contributed by atoms with Crippen molar-refractivity contribution in [3.63, 3.8) is 0 Å². The zero-order valence-corrected chi connectivity index (χ0v) is 10.4. The van der Waals surface area contributed by atoms with Gasteiger partial charge in [-0.2, -0.15) is 0 Å². The first kappa shape index (κ1) is 11.8. The fraction of sp³-hybridized carbons (Fsp3) is 0.286. The average molecular weight is 259 g/mol. The van der Waals surface area contributed by atoms with Crippen LogP contribution < -0.4 is 15.7 Å². The Bertz CT molecular complexity index is 700. The number of rotatable bonds is 3. The number of methoxy groups -OCH3 is 1. The number of ether oxygens (including phenoxy) is 1. The van der Waals surface area contributed by atoms with Gasteiger partial charge in [0.1, 0.15) is 11.3 Å². The van der Waals surface area contributed by atoms with Crippen LogP contribution in [0.5, 0.6) is 5.75 Å². The van der Waals surface area contributed by atoms with Crippen LogP contribution in [-0.2, 0) is 0 Å². The van der Waals surface area contributed by atoms with E-state index in [0.717, 1.165) is 12.8 Å². The fourth-order valence-corrected chi connectivity index (χ4v) is 1.95. The average Bonchev–Trinajstić information content (AvgIpc) is 3.20. The number of benzene rings is 1. The first-order valence-corrected chi connectivity index (χ1v) is 6.10. The Morgan fingerprint density at radius 1 is 1.37 bits per heavy atom. The molecule has 1 aliphatic rings. The molecule has 0 aliphatic heterocycles. The van der Waals surface area contributed by atoms with E-state index >= 15 is 0 Å². The van der Waals surface area contributed by atoms with Gasteiger partial charge in [0.15, 0.2) is 0 Å². The van der Waals surface area contributed by atoms with Gasteiger partial charge in [0.05, 0.1) is 12.7 Å². The van der Waals surface area contributed by atoms with Gasteiger partial charge in [0.25, 0.3) is 5.91 Å². The molecule has 1 heterocycles. The van der Waals surface area contributed by atoms with Crippen LogP contribution in [0.25, 0.3) is 11.0 Å². The predicted molar refractivity (Wildman–Crippen MR) is 69.5 cm³/mol. The number of fused-ring (bicyclic) bond motifs is 1. The third-order valence-electron chi connectivity index (χ3n) is 3.11. The molecule has 3 rings (SSSR count). The minimum absolute atomic E-state index is 0.231. The number of nitrogens with one attached hydrogen (secondary N) is 1. The molecule has 19 heavy (non-hydrogen) atoms. The second kappa shape index (κ2) is 4.42. The molecule has 1 saturated carbocycles. The van der Waals surface area contributed by atoms with Crippen molar-refractivity contribution in [1.82, 2.24) is 5.32 Å². The van der Waals surface area contributed by atoms with Gasteiger partial charge in [-0.1, -0.05) is 0 Å². The van der Waals surface area contributed by atoms with Gasteiger partial charge in [-0.05, 0) is 25.0 Å². The summed E-state index contributed by atoms with van der Waals surface area (Å²) < 4.78 is 10.2. The highest BCUT2D eigenvalue weighted by molar-refractivity contribution is 6.05. The van der Waals surface area contributed by atoms with Crippen LogP contribution in [0.3, 0.4) is 0 Å². The highest BCUT2D eigenvalue weighted by atomic mass is 16.5. The second-order valence-corrected chi connectivity index (χ2v) is 4.59. The molecular weight excluding hydrogens is 246 g/mol. The van der Waals surface area contributed by atoms with Gasteiger partial charge >= 0.3 is 5.63 Å². The van der Waals surface area contributed by atoms with Crippen molar-refractivity contribution in [2.75, 3.05) is 7.11 Å². The lowest BCUT2D eigenvalue weighted by atomic mass is 10.1. The van der Waals surface area contributed by atoms with E-state index in [-0.39, 0.29) is 11.9 Å². The normalized spacial score (nSPS) is 14.4. The standard InChI is InChI=1S/C14H13NO4/c1-18-9-4-5-10-11(14(17)15-8-2-3-8)7-13(16)19-12(10)6-9/h4-8H,2-3H2,1H3,(H,15,17). The van der Waals surface area contributed by atoms with Crippen molar-refractivity contribution in [2.45, 2.75) is 18.9 Å². The summed E-state index contributed by atoms with van der Waals surface area (Å²) in [5.41, 5.74) is 0.162. The van der Waals surface area contributed by atoms with Crippen LogP contribution in [0.2, 0.25) is 0 Å². The molecule has 98 valence electrons. The molecule has 1 amide bonds. The van der Waals surface area contributed by atoms with Crippen LogP contribution >= 0.6 is 0 Å². The van der Waals surface area contributed by atoms with Gasteiger partial charge in [-0.25, -0.2) is 4.79 Å². The van der Waals surface area contributed by atoms with Crippen molar-refractivity contribution in [3.8, 4) is 5.75 Å². The Hall–Kier alpha value is -2.30. The molecule has 5 heteroatoms. The Morgan fingerprint density at radius 3 is 2.84 bits per heavy atom. The van der Waals surface area contributed by atoms with E-state index in [0.29, 0.717) is 22.3 Å². The van der Waals surface area contributed by atoms with E-state index in [1.807, 2.05) is 0 Å². The summed E-state index contributed by atoms with van der Waals surface area (Å²) in [6, 6.07) is 6.53. The van der Waals surface area contributed by atoms with Gasteiger partial charge in [0.2, 0.25) is 0 Å².